The van der Waals surface area contributed by atoms with E-state index in [1.807, 2.05) is 0 Å². The molecule has 0 radical (unpaired) electrons. The van der Waals surface area contributed by atoms with Crippen LogP contribution < -0.4 is 5.56 Å². The smallest absolute Gasteiger partial charge is 0.338 e. The summed E-state index contributed by atoms with van der Waals surface area (Å²) in [5, 5.41) is 10.9. The number of nitrogens with zero attached hydrogens (tertiary/aromatic N) is 1. The van der Waals surface area contributed by atoms with Crippen LogP contribution in [0.5, 0.6) is 0 Å². The van der Waals surface area contributed by atoms with Crippen LogP contribution in [0.4, 0.5) is 0 Å². The molecule has 0 aliphatic carbocycles. The zero-order valence-electron chi connectivity index (χ0n) is 11.7. The summed E-state index contributed by atoms with van der Waals surface area (Å²) in [6, 6.07) is 13.4. The second-order valence-electron chi connectivity index (χ2n) is 4.93. The summed E-state index contributed by atoms with van der Waals surface area (Å²) in [5.74, 6) is -1.06. The molecule has 2 aromatic carbocycles. The number of halogens is 1. The number of pyridine rings is 1. The molecule has 1 heterocycles. The number of hydrogen-bond acceptors (Lipinski definition) is 2. The fourth-order valence-corrected chi connectivity index (χ4v) is 2.76. The van der Waals surface area contributed by atoms with Crippen molar-refractivity contribution in [1.29, 1.82) is 0 Å². The minimum atomic E-state index is -1.06. The highest BCUT2D eigenvalue weighted by atomic mass is 35.5. The number of aromatic carboxylic acids is 1. The number of carbonyl (C=O) groups is 1. The molecule has 0 bridgehead atoms. The van der Waals surface area contributed by atoms with Gasteiger partial charge in [0.15, 0.2) is 0 Å². The molecule has 110 valence electrons. The molecule has 3 rings (SSSR count). The van der Waals surface area contributed by atoms with Crippen molar-refractivity contribution >= 4 is 28.3 Å². The van der Waals surface area contributed by atoms with E-state index >= 15 is 0 Å². The van der Waals surface area contributed by atoms with Crippen LogP contribution in [0.25, 0.3) is 16.5 Å². The van der Waals surface area contributed by atoms with Crippen molar-refractivity contribution in [1.82, 2.24) is 4.57 Å². The molecule has 3 aromatic rings. The molecule has 5 heteroatoms. The van der Waals surface area contributed by atoms with Crippen LogP contribution in [0.15, 0.2) is 53.3 Å². The molecule has 0 amide bonds. The van der Waals surface area contributed by atoms with Gasteiger partial charge in [-0.25, -0.2) is 4.79 Å². The molecule has 0 saturated heterocycles. The van der Waals surface area contributed by atoms with E-state index in [2.05, 4.69) is 0 Å². The number of hydrogen-bond donors (Lipinski definition) is 1. The summed E-state index contributed by atoms with van der Waals surface area (Å²) in [6.07, 6.45) is 0. The van der Waals surface area contributed by atoms with Gasteiger partial charge in [0.25, 0.3) is 5.56 Å². The number of fused-ring (bicyclic) bond motifs is 1. The third-order valence-corrected chi connectivity index (χ3v) is 3.88. The van der Waals surface area contributed by atoms with E-state index < -0.39 is 5.97 Å². The first-order valence-corrected chi connectivity index (χ1v) is 7.02. The Bertz CT molecular complexity index is 943. The average Bonchev–Trinajstić information content (AvgIpc) is 2.49. The number of carboxylic acid groups (broad SMARTS) is 1. The molecule has 1 N–H and O–H groups in total. The standard InChI is InChI=1S/C17H12ClNO3/c1-10-15(17(21)22)13-4-2-3-5-14(13)16(20)19(10)12-8-6-11(18)7-9-12/h2-9H,1H3,(H,21,22). The summed E-state index contributed by atoms with van der Waals surface area (Å²) in [5.41, 5.74) is 0.851. The van der Waals surface area contributed by atoms with Gasteiger partial charge in [0.2, 0.25) is 0 Å². The van der Waals surface area contributed by atoms with Gasteiger partial charge in [-0.05, 0) is 37.3 Å². The Hall–Kier alpha value is -2.59. The van der Waals surface area contributed by atoms with E-state index in [1.165, 1.54) is 4.57 Å². The van der Waals surface area contributed by atoms with Crippen molar-refractivity contribution in [3.63, 3.8) is 0 Å². The summed E-state index contributed by atoms with van der Waals surface area (Å²) in [7, 11) is 0. The van der Waals surface area contributed by atoms with Gasteiger partial charge in [-0.2, -0.15) is 0 Å². The van der Waals surface area contributed by atoms with Gasteiger partial charge in [0, 0.05) is 27.2 Å². The van der Waals surface area contributed by atoms with Crippen LogP contribution in [-0.4, -0.2) is 15.6 Å². The number of rotatable bonds is 2. The summed E-state index contributed by atoms with van der Waals surface area (Å²) < 4.78 is 1.40. The number of benzene rings is 2. The predicted molar refractivity (Wildman–Crippen MR) is 86.3 cm³/mol. The van der Waals surface area contributed by atoms with E-state index in [1.54, 1.807) is 55.5 Å². The molecule has 4 nitrogen and oxygen atoms in total. The third-order valence-electron chi connectivity index (χ3n) is 3.63. The van der Waals surface area contributed by atoms with Gasteiger partial charge in [0.1, 0.15) is 0 Å². The SMILES string of the molecule is Cc1c(C(=O)O)c2ccccc2c(=O)n1-c1ccc(Cl)cc1. The molecule has 0 spiro atoms. The first-order chi connectivity index (χ1) is 10.5. The fraction of sp³-hybridized carbons (Fsp3) is 0.0588. The van der Waals surface area contributed by atoms with E-state index in [9.17, 15) is 14.7 Å². The Morgan fingerprint density at radius 1 is 1.05 bits per heavy atom. The predicted octanol–water partition coefficient (Wildman–Crippen LogP) is 3.65. The second-order valence-corrected chi connectivity index (χ2v) is 5.36. The van der Waals surface area contributed by atoms with Crippen LogP contribution in [0, 0.1) is 6.92 Å². The van der Waals surface area contributed by atoms with Crippen molar-refractivity contribution in [3.05, 3.63) is 75.2 Å². The largest absolute Gasteiger partial charge is 0.478 e. The lowest BCUT2D eigenvalue weighted by molar-refractivity contribution is 0.0697. The molecule has 0 saturated carbocycles. The molecular weight excluding hydrogens is 302 g/mol. The monoisotopic (exact) mass is 313 g/mol. The first kappa shape index (κ1) is 14.4. The van der Waals surface area contributed by atoms with Crippen LogP contribution >= 0.6 is 11.6 Å². The van der Waals surface area contributed by atoms with Crippen LogP contribution in [-0.2, 0) is 0 Å². The summed E-state index contributed by atoms with van der Waals surface area (Å²) in [6.45, 7) is 1.63. The molecular formula is C17H12ClNO3. The summed E-state index contributed by atoms with van der Waals surface area (Å²) >= 11 is 5.87. The molecule has 0 aliphatic heterocycles. The maximum atomic E-state index is 12.7. The van der Waals surface area contributed by atoms with E-state index in [4.69, 9.17) is 11.6 Å². The van der Waals surface area contributed by atoms with Gasteiger partial charge in [-0.3, -0.25) is 9.36 Å². The third kappa shape index (κ3) is 2.18. The van der Waals surface area contributed by atoms with Crippen LogP contribution in [0.3, 0.4) is 0 Å². The Morgan fingerprint density at radius 2 is 1.64 bits per heavy atom. The van der Waals surface area contributed by atoms with Crippen molar-refractivity contribution in [3.8, 4) is 5.69 Å². The lowest BCUT2D eigenvalue weighted by atomic mass is 10.0. The number of aromatic nitrogens is 1. The van der Waals surface area contributed by atoms with Crippen molar-refractivity contribution in [2.24, 2.45) is 0 Å². The maximum absolute atomic E-state index is 12.7. The minimum absolute atomic E-state index is 0.130. The molecule has 1 aromatic heterocycles. The van der Waals surface area contributed by atoms with Crippen molar-refractivity contribution < 1.29 is 9.90 Å². The molecule has 0 fully saturated rings. The Labute approximate surface area is 131 Å². The van der Waals surface area contributed by atoms with E-state index in [0.717, 1.165) is 0 Å². The Balaban J connectivity index is 2.48. The first-order valence-electron chi connectivity index (χ1n) is 6.64. The van der Waals surface area contributed by atoms with Gasteiger partial charge >= 0.3 is 5.97 Å². The average molecular weight is 314 g/mol. The van der Waals surface area contributed by atoms with Gasteiger partial charge < -0.3 is 5.11 Å². The molecule has 0 aliphatic rings. The highest BCUT2D eigenvalue weighted by molar-refractivity contribution is 6.30. The maximum Gasteiger partial charge on any atom is 0.338 e. The Kier molecular flexibility index (Phi) is 3.47. The lowest BCUT2D eigenvalue weighted by Crippen LogP contribution is -2.24. The van der Waals surface area contributed by atoms with Crippen LogP contribution in [0.2, 0.25) is 5.02 Å². The Morgan fingerprint density at radius 3 is 2.23 bits per heavy atom. The highest BCUT2D eigenvalue weighted by Crippen LogP contribution is 2.22. The highest BCUT2D eigenvalue weighted by Gasteiger charge is 2.19. The van der Waals surface area contributed by atoms with Gasteiger partial charge in [-0.1, -0.05) is 29.8 Å². The lowest BCUT2D eigenvalue weighted by Gasteiger charge is -2.15. The van der Waals surface area contributed by atoms with Gasteiger partial charge in [-0.15, -0.1) is 0 Å². The quantitative estimate of drug-likeness (QED) is 0.785. The zero-order valence-corrected chi connectivity index (χ0v) is 12.5. The van der Waals surface area contributed by atoms with E-state index in [-0.39, 0.29) is 11.1 Å². The van der Waals surface area contributed by atoms with Crippen molar-refractivity contribution in [2.75, 3.05) is 0 Å². The molecule has 0 atom stereocenters. The molecule has 0 unspecified atom stereocenters. The summed E-state index contributed by atoms with van der Waals surface area (Å²) in [4.78, 5) is 24.4. The van der Waals surface area contributed by atoms with Crippen molar-refractivity contribution in [2.45, 2.75) is 6.92 Å². The molecule has 22 heavy (non-hydrogen) atoms. The normalized spacial score (nSPS) is 10.8. The van der Waals surface area contributed by atoms with E-state index in [0.29, 0.717) is 27.2 Å². The topological polar surface area (TPSA) is 59.3 Å². The zero-order chi connectivity index (χ0) is 15.9. The number of carboxylic acids is 1. The fourth-order valence-electron chi connectivity index (χ4n) is 2.64. The second kappa shape index (κ2) is 5.31. The van der Waals surface area contributed by atoms with Crippen LogP contribution in [0.1, 0.15) is 16.1 Å². The van der Waals surface area contributed by atoms with Gasteiger partial charge in [0.05, 0.1) is 5.56 Å². The minimum Gasteiger partial charge on any atom is -0.478 e.